The summed E-state index contributed by atoms with van der Waals surface area (Å²) in [4.78, 5) is 16.5. The quantitative estimate of drug-likeness (QED) is 0.0503. The second-order valence-electron chi connectivity index (χ2n) is 10.3. The van der Waals surface area contributed by atoms with Crippen LogP contribution in [0.5, 0.6) is 11.5 Å². The van der Waals surface area contributed by atoms with Crippen LogP contribution in [0.25, 0.3) is 22.0 Å². The van der Waals surface area contributed by atoms with Crippen LogP contribution in [0.15, 0.2) is 42.6 Å². The third kappa shape index (κ3) is 12.3. The fraction of sp³-hybridized carbons (Fsp3) is 0.407. The van der Waals surface area contributed by atoms with E-state index in [0.29, 0.717) is 59.0 Å². The van der Waals surface area contributed by atoms with Crippen molar-refractivity contribution in [1.29, 1.82) is 0 Å². The lowest BCUT2D eigenvalue weighted by molar-refractivity contribution is -1.15. The van der Waals surface area contributed by atoms with Crippen LogP contribution in [0.3, 0.4) is 0 Å². The maximum atomic E-state index is 14.9. The van der Waals surface area contributed by atoms with E-state index >= 15 is 0 Å². The first kappa shape index (κ1) is 39.7. The highest BCUT2D eigenvalue weighted by Gasteiger charge is 2.50. The Morgan fingerprint density at radius 3 is 1.89 bits per heavy atom. The fourth-order valence-electron chi connectivity index (χ4n) is 4.84. The maximum absolute atomic E-state index is 14.9. The molecule has 0 spiro atoms. The van der Waals surface area contributed by atoms with Crippen LogP contribution in [0, 0.1) is 5.82 Å². The minimum Gasteiger partial charge on any atom is -0.497 e. The lowest BCUT2D eigenvalue weighted by atomic mass is 9.97. The summed E-state index contributed by atoms with van der Waals surface area (Å²) in [5.74, 6) is -0.440. The van der Waals surface area contributed by atoms with Crippen molar-refractivity contribution >= 4 is 43.0 Å². The smallest absolute Gasteiger partial charge is 0.497 e. The van der Waals surface area contributed by atoms with Gasteiger partial charge in [-0.3, -0.25) is 9.47 Å². The number of hydrogen-bond donors (Lipinski definition) is 0. The number of benzene rings is 2. The molecule has 1 aromatic heterocycles. The molecule has 47 heavy (non-hydrogen) atoms. The Morgan fingerprint density at radius 2 is 1.43 bits per heavy atom. The summed E-state index contributed by atoms with van der Waals surface area (Å²) in [6.07, 6.45) is 1.58. The molecular weight excluding hydrogens is 677 g/mol. The van der Waals surface area contributed by atoms with Crippen molar-refractivity contribution in [3.05, 3.63) is 54.0 Å². The summed E-state index contributed by atoms with van der Waals surface area (Å²) in [5, 5.41) is 0.632. The number of quaternary nitrogens is 2. The van der Waals surface area contributed by atoms with Crippen molar-refractivity contribution in [2.45, 2.75) is 6.92 Å². The number of hydrogen-bond acceptors (Lipinski definition) is 5. The molecule has 0 unspecified atom stereocenters. The van der Waals surface area contributed by atoms with E-state index in [2.05, 4.69) is 4.98 Å². The van der Waals surface area contributed by atoms with Gasteiger partial charge in [-0.05, 0) is 35.2 Å². The van der Waals surface area contributed by atoms with Crippen LogP contribution in [-0.4, -0.2) is 101 Å². The molecule has 3 aliphatic heterocycles. The van der Waals surface area contributed by atoms with Gasteiger partial charge in [-0.15, -0.1) is 4.71 Å². The Balaban J connectivity index is 0.000000297. The Labute approximate surface area is 269 Å². The molecule has 0 aliphatic carbocycles. The van der Waals surface area contributed by atoms with Crippen LogP contribution in [0.4, 0.5) is 43.4 Å². The zero-order valence-electron chi connectivity index (χ0n) is 25.5. The summed E-state index contributed by atoms with van der Waals surface area (Å²) in [7, 11) is -9.11. The minimum absolute atomic E-state index is 0.0749. The lowest BCUT2D eigenvalue weighted by Gasteiger charge is -2.48. The van der Waals surface area contributed by atoms with Gasteiger partial charge in [0.15, 0.2) is 37.2 Å². The molecule has 2 aromatic carbocycles. The van der Waals surface area contributed by atoms with Crippen molar-refractivity contribution in [3.8, 4) is 22.6 Å². The van der Waals surface area contributed by atoms with E-state index in [1.54, 1.807) is 43.5 Å². The van der Waals surface area contributed by atoms with E-state index in [1.807, 2.05) is 0 Å². The number of aromatic nitrogens is 1. The average molecular weight is 710 g/mol. The Hall–Kier alpha value is -3.44. The van der Waals surface area contributed by atoms with Crippen molar-refractivity contribution < 1.29 is 71.6 Å². The van der Waals surface area contributed by atoms with Crippen LogP contribution < -0.4 is 9.47 Å². The third-order valence-electron chi connectivity index (χ3n) is 7.20. The molecule has 2 bridgehead atoms. The standard InChI is InChI=1S/C20H18FNO4.C7H14ClFN2.2BF4/c1-4-26-20(23)15-8-7-13(14-6-5-9-22-19(14)15)16-10-12(24-2)11-17(25-3)18(16)21;8-7-10-1-4-11(9,5-2-10)6-3-10;2*2-1(3,4)5/h5-11H,4H2,1-3H3;1-7H2;;/q;+2;2*-1. The van der Waals surface area contributed by atoms with E-state index in [0.717, 1.165) is 24.1 Å². The topological polar surface area (TPSA) is 57.7 Å². The molecule has 7 nitrogen and oxygen atoms in total. The van der Waals surface area contributed by atoms with Gasteiger partial charge < -0.3 is 48.7 Å². The number of ether oxygens (including phenoxy) is 3. The normalized spacial score (nSPS) is 20.0. The van der Waals surface area contributed by atoms with E-state index < -0.39 is 26.3 Å². The molecule has 3 fully saturated rings. The zero-order chi connectivity index (χ0) is 35.6. The van der Waals surface area contributed by atoms with Gasteiger partial charge in [0.05, 0.1) is 31.9 Å². The van der Waals surface area contributed by atoms with Gasteiger partial charge in [-0.25, -0.2) is 9.18 Å². The van der Waals surface area contributed by atoms with Gasteiger partial charge in [-0.2, -0.15) is 0 Å². The van der Waals surface area contributed by atoms with Gasteiger partial charge in [0.1, 0.15) is 25.4 Å². The van der Waals surface area contributed by atoms with Crippen molar-refractivity contribution in [2.24, 2.45) is 0 Å². The van der Waals surface area contributed by atoms with Gasteiger partial charge in [0, 0.05) is 23.2 Å². The number of alkyl halides is 1. The molecular formula is C27H32B2ClF10N3O4. The summed E-state index contributed by atoms with van der Waals surface area (Å²) in [6.45, 7) is 6.81. The molecule has 3 saturated heterocycles. The molecule has 0 amide bonds. The molecule has 0 atom stereocenters. The van der Waals surface area contributed by atoms with Gasteiger partial charge in [0.2, 0.25) is 0 Å². The highest BCUT2D eigenvalue weighted by Crippen LogP contribution is 2.38. The van der Waals surface area contributed by atoms with E-state index in [4.69, 9.17) is 25.8 Å². The van der Waals surface area contributed by atoms with Crippen LogP contribution in [0.1, 0.15) is 17.3 Å². The average Bonchev–Trinajstić information content (AvgIpc) is 3.00. The molecule has 3 aliphatic rings. The summed E-state index contributed by atoms with van der Waals surface area (Å²) in [5.41, 5.74) is 1.66. The number of fused-ring (bicyclic) bond motifs is 4. The van der Waals surface area contributed by atoms with Crippen LogP contribution >= 0.6 is 11.6 Å². The second-order valence-corrected chi connectivity index (χ2v) is 10.5. The predicted octanol–water partition coefficient (Wildman–Crippen LogP) is 7.56. The number of piperazine rings is 3. The van der Waals surface area contributed by atoms with Gasteiger partial charge in [-0.1, -0.05) is 23.7 Å². The highest BCUT2D eigenvalue weighted by molar-refractivity contribution is 6.50. The monoisotopic (exact) mass is 709 g/mol. The number of methoxy groups -OCH3 is 2. The fourth-order valence-corrected chi connectivity index (χ4v) is 5.20. The van der Waals surface area contributed by atoms with Crippen LogP contribution in [-0.2, 0) is 4.74 Å². The number of halogens is 11. The first-order valence-corrected chi connectivity index (χ1v) is 14.5. The molecule has 0 saturated carbocycles. The number of carbonyl (C=O) groups is 1. The number of pyridine rings is 1. The molecule has 0 N–H and O–H groups in total. The first-order chi connectivity index (χ1) is 21.8. The zero-order valence-corrected chi connectivity index (χ0v) is 26.2. The highest BCUT2D eigenvalue weighted by atomic mass is 35.5. The Kier molecular flexibility index (Phi) is 14.0. The minimum atomic E-state index is -6.00. The summed E-state index contributed by atoms with van der Waals surface area (Å²) in [6, 6.07) is 10.5. The molecule has 262 valence electrons. The number of carbonyl (C=O) groups excluding carboxylic acids is 1. The van der Waals surface area contributed by atoms with Crippen molar-refractivity contribution in [1.82, 2.24) is 4.98 Å². The number of esters is 1. The Morgan fingerprint density at radius 1 is 0.872 bits per heavy atom. The molecule has 4 heterocycles. The lowest BCUT2D eigenvalue weighted by Crippen LogP contribution is -2.71. The number of rotatable bonds is 6. The SMILES string of the molecule is CCOC(=O)c1ccc(-c2cc(OC)cc(OC)c2F)c2cccnc12.F[B-](F)(F)F.F[B-](F)(F)F.F[N+]12CC[N+](CCl)(CC1)CC2. The van der Waals surface area contributed by atoms with Crippen molar-refractivity contribution in [3.63, 3.8) is 0 Å². The predicted molar refractivity (Wildman–Crippen MR) is 158 cm³/mol. The largest absolute Gasteiger partial charge is 0.673 e. The van der Waals surface area contributed by atoms with Crippen LogP contribution in [0.2, 0.25) is 0 Å². The second kappa shape index (κ2) is 16.6. The van der Waals surface area contributed by atoms with Gasteiger partial charge in [0.25, 0.3) is 0 Å². The molecule has 6 rings (SSSR count). The first-order valence-electron chi connectivity index (χ1n) is 14.0. The summed E-state index contributed by atoms with van der Waals surface area (Å²) < 4.78 is 123. The van der Waals surface area contributed by atoms with Gasteiger partial charge >= 0.3 is 20.5 Å². The van der Waals surface area contributed by atoms with Crippen molar-refractivity contribution in [2.75, 3.05) is 66.1 Å². The van der Waals surface area contributed by atoms with E-state index in [1.165, 1.54) is 20.3 Å². The summed E-state index contributed by atoms with van der Waals surface area (Å²) >= 11 is 5.85. The van der Waals surface area contributed by atoms with E-state index in [-0.39, 0.29) is 17.1 Å². The molecule has 0 radical (unpaired) electrons. The third-order valence-corrected chi connectivity index (χ3v) is 7.71. The van der Waals surface area contributed by atoms with E-state index in [9.17, 15) is 48.2 Å². The number of nitrogens with zero attached hydrogens (tertiary/aromatic N) is 3. The molecule has 20 heteroatoms. The Bertz CT molecular complexity index is 1450. The maximum Gasteiger partial charge on any atom is 0.673 e. The molecule has 3 aromatic rings.